The average molecular weight is 337 g/mol. The lowest BCUT2D eigenvalue weighted by Crippen LogP contribution is -1.91. The summed E-state index contributed by atoms with van der Waals surface area (Å²) in [6, 6.07) is 10.8. The molecule has 20 heavy (non-hydrogen) atoms. The maximum atomic E-state index is 13.7. The zero-order chi connectivity index (χ0) is 14.1. The molecule has 0 spiro atoms. The van der Waals surface area contributed by atoms with Crippen LogP contribution >= 0.6 is 15.9 Å². The van der Waals surface area contributed by atoms with Gasteiger partial charge in [-0.1, -0.05) is 23.4 Å². The van der Waals surface area contributed by atoms with E-state index < -0.39 is 11.6 Å². The van der Waals surface area contributed by atoms with Crippen LogP contribution in [-0.2, 0) is 0 Å². The molecule has 6 heteroatoms. The van der Waals surface area contributed by atoms with Gasteiger partial charge in [0.25, 0.3) is 5.89 Å². The summed E-state index contributed by atoms with van der Waals surface area (Å²) in [6.45, 7) is 0. The molecule has 3 nitrogen and oxygen atoms in total. The van der Waals surface area contributed by atoms with Crippen molar-refractivity contribution >= 4 is 15.9 Å². The van der Waals surface area contributed by atoms with Gasteiger partial charge < -0.3 is 4.52 Å². The molecule has 0 atom stereocenters. The molecule has 0 aliphatic heterocycles. The van der Waals surface area contributed by atoms with Gasteiger partial charge in [0.2, 0.25) is 5.82 Å². The highest BCUT2D eigenvalue weighted by Gasteiger charge is 2.18. The first-order valence-electron chi connectivity index (χ1n) is 5.70. The molecule has 0 saturated carbocycles. The first kappa shape index (κ1) is 12.9. The van der Waals surface area contributed by atoms with E-state index in [1.807, 2.05) is 12.1 Å². The Labute approximate surface area is 121 Å². The summed E-state index contributed by atoms with van der Waals surface area (Å²) in [5.74, 6) is -1.39. The summed E-state index contributed by atoms with van der Waals surface area (Å²) in [6.07, 6.45) is 0. The van der Waals surface area contributed by atoms with E-state index >= 15 is 0 Å². The van der Waals surface area contributed by atoms with Gasteiger partial charge in [-0.2, -0.15) is 4.98 Å². The molecule has 0 N–H and O–H groups in total. The molecule has 0 unspecified atom stereocenters. The molecule has 1 heterocycles. The summed E-state index contributed by atoms with van der Waals surface area (Å²) >= 11 is 3.35. The van der Waals surface area contributed by atoms with Gasteiger partial charge in [-0.3, -0.25) is 0 Å². The highest BCUT2D eigenvalue weighted by molar-refractivity contribution is 9.10. The van der Waals surface area contributed by atoms with Gasteiger partial charge in [0.05, 0.1) is 11.1 Å². The van der Waals surface area contributed by atoms with Crippen LogP contribution in [0, 0.1) is 11.6 Å². The molecule has 0 saturated heterocycles. The zero-order valence-corrected chi connectivity index (χ0v) is 11.6. The summed E-state index contributed by atoms with van der Waals surface area (Å²) in [7, 11) is 0. The zero-order valence-electron chi connectivity index (χ0n) is 9.98. The molecule has 0 aliphatic carbocycles. The summed E-state index contributed by atoms with van der Waals surface area (Å²) in [5, 5.41) is 3.64. The Morgan fingerprint density at radius 1 is 0.950 bits per heavy atom. The van der Waals surface area contributed by atoms with Crippen molar-refractivity contribution in [3.8, 4) is 22.8 Å². The Kier molecular flexibility index (Phi) is 3.31. The van der Waals surface area contributed by atoms with Crippen molar-refractivity contribution in [1.29, 1.82) is 0 Å². The Bertz CT molecular complexity index is 753. The van der Waals surface area contributed by atoms with Crippen molar-refractivity contribution in [3.05, 3.63) is 58.6 Å². The highest BCUT2D eigenvalue weighted by atomic mass is 79.9. The Morgan fingerprint density at radius 3 is 2.35 bits per heavy atom. The van der Waals surface area contributed by atoms with Crippen molar-refractivity contribution in [2.45, 2.75) is 0 Å². The van der Waals surface area contributed by atoms with E-state index in [1.165, 1.54) is 6.07 Å². The third-order valence-electron chi connectivity index (χ3n) is 2.72. The number of hydrogen-bond acceptors (Lipinski definition) is 3. The quantitative estimate of drug-likeness (QED) is 0.694. The SMILES string of the molecule is Fc1cccc(F)c1-c1noc(-c2ccccc2Br)n1. The van der Waals surface area contributed by atoms with Crippen LogP contribution in [0.4, 0.5) is 8.78 Å². The topological polar surface area (TPSA) is 38.9 Å². The summed E-state index contributed by atoms with van der Waals surface area (Å²) in [4.78, 5) is 4.05. The van der Waals surface area contributed by atoms with Gasteiger partial charge in [-0.15, -0.1) is 0 Å². The molecule has 0 bridgehead atoms. The van der Waals surface area contributed by atoms with E-state index in [9.17, 15) is 8.78 Å². The van der Waals surface area contributed by atoms with Crippen LogP contribution in [0.2, 0.25) is 0 Å². The fourth-order valence-electron chi connectivity index (χ4n) is 1.78. The lowest BCUT2D eigenvalue weighted by Gasteiger charge is -1.98. The molecule has 0 amide bonds. The number of benzene rings is 2. The maximum Gasteiger partial charge on any atom is 0.259 e. The van der Waals surface area contributed by atoms with E-state index in [4.69, 9.17) is 4.52 Å². The van der Waals surface area contributed by atoms with Crippen LogP contribution in [0.1, 0.15) is 0 Å². The second-order valence-electron chi connectivity index (χ2n) is 4.00. The van der Waals surface area contributed by atoms with Crippen LogP contribution in [0.5, 0.6) is 0 Å². The molecular weight excluding hydrogens is 330 g/mol. The fourth-order valence-corrected chi connectivity index (χ4v) is 2.23. The molecule has 0 aliphatic rings. The van der Waals surface area contributed by atoms with Crippen molar-refractivity contribution in [2.75, 3.05) is 0 Å². The fraction of sp³-hybridized carbons (Fsp3) is 0. The smallest absolute Gasteiger partial charge is 0.259 e. The normalized spacial score (nSPS) is 10.8. The van der Waals surface area contributed by atoms with Crippen LogP contribution in [0.25, 0.3) is 22.8 Å². The summed E-state index contributed by atoms with van der Waals surface area (Å²) in [5.41, 5.74) is 0.359. The van der Waals surface area contributed by atoms with Crippen molar-refractivity contribution in [3.63, 3.8) is 0 Å². The number of hydrogen-bond donors (Lipinski definition) is 0. The highest BCUT2D eigenvalue weighted by Crippen LogP contribution is 2.29. The van der Waals surface area contributed by atoms with Crippen molar-refractivity contribution in [1.82, 2.24) is 10.1 Å². The van der Waals surface area contributed by atoms with Crippen molar-refractivity contribution in [2.24, 2.45) is 0 Å². The van der Waals surface area contributed by atoms with E-state index in [-0.39, 0.29) is 17.3 Å². The largest absolute Gasteiger partial charge is 0.334 e. The van der Waals surface area contributed by atoms with Crippen LogP contribution in [0.15, 0.2) is 51.5 Å². The van der Waals surface area contributed by atoms with E-state index in [1.54, 1.807) is 12.1 Å². The number of aromatic nitrogens is 2. The van der Waals surface area contributed by atoms with Crippen LogP contribution < -0.4 is 0 Å². The van der Waals surface area contributed by atoms with E-state index in [2.05, 4.69) is 26.1 Å². The predicted octanol–water partition coefficient (Wildman–Crippen LogP) is 4.44. The van der Waals surface area contributed by atoms with E-state index in [0.717, 1.165) is 16.6 Å². The number of rotatable bonds is 2. The number of nitrogens with zero attached hydrogens (tertiary/aromatic N) is 2. The number of halogens is 3. The standard InChI is InChI=1S/C14H7BrF2N2O/c15-9-5-2-1-4-8(9)14-18-13(19-20-14)12-10(16)6-3-7-11(12)17/h1-7H. The first-order chi connectivity index (χ1) is 9.66. The Morgan fingerprint density at radius 2 is 1.65 bits per heavy atom. The Balaban J connectivity index is 2.10. The van der Waals surface area contributed by atoms with Gasteiger partial charge >= 0.3 is 0 Å². The molecule has 3 aromatic rings. The van der Waals surface area contributed by atoms with Crippen molar-refractivity contribution < 1.29 is 13.3 Å². The lowest BCUT2D eigenvalue weighted by atomic mass is 10.2. The first-order valence-corrected chi connectivity index (χ1v) is 6.49. The minimum Gasteiger partial charge on any atom is -0.334 e. The van der Waals surface area contributed by atoms with Gasteiger partial charge in [0.1, 0.15) is 11.6 Å². The minimum atomic E-state index is -0.732. The molecule has 100 valence electrons. The molecule has 2 aromatic carbocycles. The van der Waals surface area contributed by atoms with Gasteiger partial charge in [-0.25, -0.2) is 8.78 Å². The van der Waals surface area contributed by atoms with Gasteiger partial charge in [0, 0.05) is 4.47 Å². The molecule has 0 fully saturated rings. The third kappa shape index (κ3) is 2.22. The predicted molar refractivity (Wildman–Crippen MR) is 72.8 cm³/mol. The monoisotopic (exact) mass is 336 g/mol. The molecule has 1 aromatic heterocycles. The molecule has 3 rings (SSSR count). The van der Waals surface area contributed by atoms with Crippen LogP contribution in [-0.4, -0.2) is 10.1 Å². The maximum absolute atomic E-state index is 13.7. The lowest BCUT2D eigenvalue weighted by molar-refractivity contribution is 0.431. The molecular formula is C14H7BrF2N2O. The van der Waals surface area contributed by atoms with Gasteiger partial charge in [-0.05, 0) is 40.2 Å². The molecule has 0 radical (unpaired) electrons. The summed E-state index contributed by atoms with van der Waals surface area (Å²) < 4.78 is 33.1. The second-order valence-corrected chi connectivity index (χ2v) is 4.85. The second kappa shape index (κ2) is 5.13. The van der Waals surface area contributed by atoms with Gasteiger partial charge in [0.15, 0.2) is 0 Å². The Hall–Kier alpha value is -2.08. The van der Waals surface area contributed by atoms with E-state index in [0.29, 0.717) is 5.56 Å². The average Bonchev–Trinajstić information content (AvgIpc) is 2.88. The third-order valence-corrected chi connectivity index (χ3v) is 3.41. The minimum absolute atomic E-state index is 0.119. The van der Waals surface area contributed by atoms with Crippen LogP contribution in [0.3, 0.4) is 0 Å².